The smallest absolute Gasteiger partial charge is 0.334 e. The van der Waals surface area contributed by atoms with E-state index in [2.05, 4.69) is 16.7 Å². The maximum Gasteiger partial charge on any atom is 0.334 e. The number of carboxylic acid groups (broad SMARTS) is 1. The van der Waals surface area contributed by atoms with E-state index in [1.54, 1.807) is 4.90 Å². The first kappa shape index (κ1) is 17.3. The Balaban J connectivity index is 1.67. The minimum absolute atomic E-state index is 0.0619. The molecule has 2 heterocycles. The number of carbonyl (C=O) groups excluding carboxylic acids is 1. The van der Waals surface area contributed by atoms with Crippen molar-refractivity contribution in [2.45, 2.75) is 12.6 Å². The van der Waals surface area contributed by atoms with Crippen LogP contribution in [0.25, 0.3) is 10.9 Å². The minimum atomic E-state index is -1.04. The van der Waals surface area contributed by atoms with Crippen LogP contribution in [0.4, 0.5) is 0 Å². The number of nitrogens with zero attached hydrogens (tertiary/aromatic N) is 2. The monoisotopic (exact) mass is 364 g/mol. The van der Waals surface area contributed by atoms with Gasteiger partial charge in [0, 0.05) is 30.2 Å². The van der Waals surface area contributed by atoms with E-state index >= 15 is 0 Å². The topological polar surface area (TPSA) is 71.8 Å². The zero-order valence-corrected chi connectivity index (χ0v) is 14.7. The van der Waals surface area contributed by atoms with Gasteiger partial charge in [-0.3, -0.25) is 4.79 Å². The summed E-state index contributed by atoms with van der Waals surface area (Å²) in [6, 6.07) is 17.8. The number of ether oxygens (including phenoxy) is 1. The van der Waals surface area contributed by atoms with Crippen molar-refractivity contribution >= 4 is 22.8 Å². The molecule has 4 rings (SSSR count). The van der Waals surface area contributed by atoms with Crippen LogP contribution < -0.4 is 0 Å². The van der Waals surface area contributed by atoms with E-state index in [0.29, 0.717) is 18.7 Å². The van der Waals surface area contributed by atoms with Gasteiger partial charge in [0.05, 0.1) is 18.7 Å². The van der Waals surface area contributed by atoms with Crippen molar-refractivity contribution in [3.8, 4) is 0 Å². The van der Waals surface area contributed by atoms with E-state index < -0.39 is 12.1 Å². The summed E-state index contributed by atoms with van der Waals surface area (Å²) in [4.78, 5) is 25.9. The number of para-hydroxylation sites is 1. The number of carbonyl (C=O) groups is 2. The lowest BCUT2D eigenvalue weighted by Gasteiger charge is -2.30. The highest BCUT2D eigenvalue weighted by Gasteiger charge is 2.30. The van der Waals surface area contributed by atoms with E-state index in [1.807, 2.05) is 48.7 Å². The largest absolute Gasteiger partial charge is 0.479 e. The van der Waals surface area contributed by atoms with Crippen molar-refractivity contribution in [2.75, 3.05) is 19.7 Å². The molecule has 1 unspecified atom stereocenters. The van der Waals surface area contributed by atoms with E-state index in [9.17, 15) is 14.7 Å². The summed E-state index contributed by atoms with van der Waals surface area (Å²) in [7, 11) is 0. The second-order valence-electron chi connectivity index (χ2n) is 6.62. The molecule has 1 fully saturated rings. The molecule has 0 aliphatic carbocycles. The summed E-state index contributed by atoms with van der Waals surface area (Å²) in [6.07, 6.45) is 0.894. The minimum Gasteiger partial charge on any atom is -0.479 e. The number of carboxylic acids is 1. The molecule has 138 valence electrons. The Morgan fingerprint density at radius 2 is 1.81 bits per heavy atom. The maximum absolute atomic E-state index is 13.1. The first-order valence-corrected chi connectivity index (χ1v) is 8.89. The molecule has 1 saturated heterocycles. The number of amides is 1. The molecule has 0 radical (unpaired) electrons. The molecular weight excluding hydrogens is 344 g/mol. The van der Waals surface area contributed by atoms with Crippen LogP contribution in [0, 0.1) is 0 Å². The molecule has 27 heavy (non-hydrogen) atoms. The molecule has 1 N–H and O–H groups in total. The number of hydrogen-bond donors (Lipinski definition) is 1. The Kier molecular flexibility index (Phi) is 4.64. The van der Waals surface area contributed by atoms with E-state index in [4.69, 9.17) is 4.74 Å². The highest BCUT2D eigenvalue weighted by atomic mass is 16.5. The fourth-order valence-corrected chi connectivity index (χ4v) is 3.48. The van der Waals surface area contributed by atoms with Gasteiger partial charge in [-0.1, -0.05) is 48.5 Å². The van der Waals surface area contributed by atoms with Gasteiger partial charge in [-0.15, -0.1) is 0 Å². The number of hydrogen-bond acceptors (Lipinski definition) is 3. The summed E-state index contributed by atoms with van der Waals surface area (Å²) in [5.74, 6) is -1.20. The lowest BCUT2D eigenvalue weighted by molar-refractivity contribution is -0.154. The Labute approximate surface area is 156 Å². The molecule has 1 amide bonds. The zero-order chi connectivity index (χ0) is 18.8. The van der Waals surface area contributed by atoms with Gasteiger partial charge in [-0.05, 0) is 11.6 Å². The molecule has 1 atom stereocenters. The molecule has 6 heteroatoms. The van der Waals surface area contributed by atoms with Crippen molar-refractivity contribution < 1.29 is 19.4 Å². The van der Waals surface area contributed by atoms with Crippen LogP contribution in [-0.4, -0.2) is 52.3 Å². The standard InChI is InChI=1S/C21H20N2O4/c24-20(22-10-11-27-19(14-22)21(25)26)17-13-23(12-15-6-2-1-3-7-15)18-9-5-4-8-16(17)18/h1-9,13,19H,10-12,14H2,(H,25,26). The Morgan fingerprint density at radius 1 is 1.07 bits per heavy atom. The van der Waals surface area contributed by atoms with Crippen LogP contribution >= 0.6 is 0 Å². The summed E-state index contributed by atoms with van der Waals surface area (Å²) >= 11 is 0. The van der Waals surface area contributed by atoms with E-state index in [1.165, 1.54) is 0 Å². The molecule has 0 saturated carbocycles. The first-order valence-electron chi connectivity index (χ1n) is 8.89. The van der Waals surface area contributed by atoms with Gasteiger partial charge in [0.1, 0.15) is 0 Å². The molecule has 1 aromatic heterocycles. The number of morpholine rings is 1. The molecule has 1 aliphatic heterocycles. The molecular formula is C21H20N2O4. The SMILES string of the molecule is O=C(O)C1CN(C(=O)c2cn(Cc3ccccc3)c3ccccc23)CCO1. The third-order valence-electron chi connectivity index (χ3n) is 4.84. The number of rotatable bonds is 4. The van der Waals surface area contributed by atoms with Gasteiger partial charge in [0.2, 0.25) is 0 Å². The van der Waals surface area contributed by atoms with Crippen molar-refractivity contribution in [1.82, 2.24) is 9.47 Å². The van der Waals surface area contributed by atoms with Crippen LogP contribution in [0.2, 0.25) is 0 Å². The number of benzene rings is 2. The molecule has 2 aromatic carbocycles. The zero-order valence-electron chi connectivity index (χ0n) is 14.7. The predicted molar refractivity (Wildman–Crippen MR) is 101 cm³/mol. The molecule has 0 bridgehead atoms. The molecule has 0 spiro atoms. The highest BCUT2D eigenvalue weighted by Crippen LogP contribution is 2.24. The average molecular weight is 364 g/mol. The Morgan fingerprint density at radius 3 is 2.59 bits per heavy atom. The summed E-state index contributed by atoms with van der Waals surface area (Å²) in [5.41, 5.74) is 2.72. The van der Waals surface area contributed by atoms with Gasteiger partial charge < -0.3 is 19.3 Å². The van der Waals surface area contributed by atoms with Gasteiger partial charge in [-0.25, -0.2) is 4.79 Å². The maximum atomic E-state index is 13.1. The predicted octanol–water partition coefficient (Wildman–Crippen LogP) is 2.62. The molecule has 3 aromatic rings. The Hall–Kier alpha value is -3.12. The first-order chi connectivity index (χ1) is 13.1. The van der Waals surface area contributed by atoms with Crippen LogP contribution in [0.5, 0.6) is 0 Å². The summed E-state index contributed by atoms with van der Waals surface area (Å²) in [5, 5.41) is 10.1. The third-order valence-corrected chi connectivity index (χ3v) is 4.84. The van der Waals surface area contributed by atoms with Crippen molar-refractivity contribution in [3.05, 3.63) is 71.9 Å². The van der Waals surface area contributed by atoms with Crippen molar-refractivity contribution in [1.29, 1.82) is 0 Å². The third kappa shape index (κ3) is 3.44. The van der Waals surface area contributed by atoms with Gasteiger partial charge in [-0.2, -0.15) is 0 Å². The number of aliphatic carboxylic acids is 1. The number of aromatic nitrogens is 1. The van der Waals surface area contributed by atoms with E-state index in [0.717, 1.165) is 16.5 Å². The van der Waals surface area contributed by atoms with E-state index in [-0.39, 0.29) is 19.1 Å². The second-order valence-corrected chi connectivity index (χ2v) is 6.62. The summed E-state index contributed by atoms with van der Waals surface area (Å²) in [6.45, 7) is 1.34. The summed E-state index contributed by atoms with van der Waals surface area (Å²) < 4.78 is 7.29. The Bertz CT molecular complexity index is 980. The lowest BCUT2D eigenvalue weighted by atomic mass is 10.1. The van der Waals surface area contributed by atoms with Crippen LogP contribution in [-0.2, 0) is 16.1 Å². The lowest BCUT2D eigenvalue weighted by Crippen LogP contribution is -2.48. The molecule has 6 nitrogen and oxygen atoms in total. The fraction of sp³-hybridized carbons (Fsp3) is 0.238. The number of fused-ring (bicyclic) bond motifs is 1. The van der Waals surface area contributed by atoms with Crippen molar-refractivity contribution in [2.24, 2.45) is 0 Å². The van der Waals surface area contributed by atoms with Crippen LogP contribution in [0.3, 0.4) is 0 Å². The molecule has 1 aliphatic rings. The van der Waals surface area contributed by atoms with Crippen LogP contribution in [0.15, 0.2) is 60.8 Å². The van der Waals surface area contributed by atoms with Gasteiger partial charge >= 0.3 is 5.97 Å². The fourth-order valence-electron chi connectivity index (χ4n) is 3.48. The van der Waals surface area contributed by atoms with Crippen LogP contribution in [0.1, 0.15) is 15.9 Å². The normalized spacial score (nSPS) is 17.2. The second kappa shape index (κ2) is 7.25. The van der Waals surface area contributed by atoms with Gasteiger partial charge in [0.25, 0.3) is 5.91 Å². The quantitative estimate of drug-likeness (QED) is 0.772. The average Bonchev–Trinajstić information content (AvgIpc) is 3.07. The van der Waals surface area contributed by atoms with Gasteiger partial charge in [0.15, 0.2) is 6.10 Å². The highest BCUT2D eigenvalue weighted by molar-refractivity contribution is 6.07. The van der Waals surface area contributed by atoms with Crippen molar-refractivity contribution in [3.63, 3.8) is 0 Å².